The van der Waals surface area contributed by atoms with E-state index in [0.717, 1.165) is 11.1 Å². The van der Waals surface area contributed by atoms with E-state index in [1.807, 2.05) is 38.1 Å². The molecule has 0 aromatic heterocycles. The summed E-state index contributed by atoms with van der Waals surface area (Å²) in [6.45, 7) is 4.45. The third-order valence-electron chi connectivity index (χ3n) is 6.59. The molecule has 1 fully saturated rings. The third-order valence-corrected chi connectivity index (χ3v) is 6.59. The van der Waals surface area contributed by atoms with E-state index in [9.17, 15) is 19.5 Å². The van der Waals surface area contributed by atoms with Gasteiger partial charge in [-0.25, -0.2) is 9.59 Å². The summed E-state index contributed by atoms with van der Waals surface area (Å²) >= 11 is 0. The first kappa shape index (κ1) is 24.7. The fourth-order valence-electron chi connectivity index (χ4n) is 4.86. The highest BCUT2D eigenvalue weighted by atomic mass is 16.5. The molecule has 2 amide bonds. The first-order chi connectivity index (χ1) is 16.8. The van der Waals surface area contributed by atoms with Crippen LogP contribution in [0.1, 0.15) is 43.7 Å². The number of carbonyl (C=O) groups is 3. The van der Waals surface area contributed by atoms with E-state index in [1.165, 1.54) is 11.1 Å². The molecule has 35 heavy (non-hydrogen) atoms. The molecular weight excluding hydrogens is 448 g/mol. The Morgan fingerprint density at radius 3 is 2.29 bits per heavy atom. The molecule has 8 nitrogen and oxygen atoms in total. The molecule has 1 aliphatic carbocycles. The minimum absolute atomic E-state index is 0.0167. The Morgan fingerprint density at radius 2 is 1.69 bits per heavy atom. The van der Waals surface area contributed by atoms with E-state index in [2.05, 4.69) is 34.9 Å². The molecule has 1 heterocycles. The number of fused-ring (bicyclic) bond motifs is 3. The number of hydrogen-bond donors (Lipinski definition) is 3. The fraction of sp³-hybridized carbons (Fsp3) is 0.444. The van der Waals surface area contributed by atoms with Crippen molar-refractivity contribution in [1.29, 1.82) is 0 Å². The van der Waals surface area contributed by atoms with Crippen molar-refractivity contribution in [3.05, 3.63) is 59.7 Å². The molecule has 2 aromatic carbocycles. The number of aliphatic carboxylic acids is 1. The summed E-state index contributed by atoms with van der Waals surface area (Å²) in [5.41, 5.74) is 4.62. The minimum atomic E-state index is -1.04. The maximum absolute atomic E-state index is 12.5. The number of ether oxygens (including phenoxy) is 2. The van der Waals surface area contributed by atoms with Crippen LogP contribution in [-0.4, -0.2) is 55.0 Å². The topological polar surface area (TPSA) is 114 Å². The van der Waals surface area contributed by atoms with Crippen LogP contribution in [0.4, 0.5) is 4.79 Å². The predicted octanol–water partition coefficient (Wildman–Crippen LogP) is 3.55. The van der Waals surface area contributed by atoms with Gasteiger partial charge in [0.05, 0.1) is 18.6 Å². The van der Waals surface area contributed by atoms with Gasteiger partial charge in [-0.1, -0.05) is 62.4 Å². The average molecular weight is 481 g/mol. The number of carboxylic acid groups (broad SMARTS) is 1. The van der Waals surface area contributed by atoms with Crippen LogP contribution in [0.25, 0.3) is 11.1 Å². The maximum Gasteiger partial charge on any atom is 0.407 e. The van der Waals surface area contributed by atoms with E-state index in [1.54, 1.807) is 0 Å². The molecule has 2 aliphatic rings. The summed E-state index contributed by atoms with van der Waals surface area (Å²) in [5.74, 6) is -1.69. The summed E-state index contributed by atoms with van der Waals surface area (Å²) in [6, 6.07) is 15.4. The van der Waals surface area contributed by atoms with Crippen LogP contribution in [0.2, 0.25) is 0 Å². The van der Waals surface area contributed by atoms with Gasteiger partial charge in [0.1, 0.15) is 12.6 Å². The first-order valence-corrected chi connectivity index (χ1v) is 12.1. The van der Waals surface area contributed by atoms with E-state index < -0.39 is 24.0 Å². The highest BCUT2D eigenvalue weighted by molar-refractivity contribution is 5.85. The van der Waals surface area contributed by atoms with Crippen LogP contribution in [0.5, 0.6) is 0 Å². The molecule has 3 atom stereocenters. The summed E-state index contributed by atoms with van der Waals surface area (Å²) in [4.78, 5) is 36.3. The lowest BCUT2D eigenvalue weighted by Gasteiger charge is -2.18. The first-order valence-electron chi connectivity index (χ1n) is 12.1. The fourth-order valence-corrected chi connectivity index (χ4v) is 4.86. The van der Waals surface area contributed by atoms with Crippen molar-refractivity contribution in [2.75, 3.05) is 19.8 Å². The van der Waals surface area contributed by atoms with Crippen LogP contribution in [-0.2, 0) is 19.1 Å². The molecule has 0 radical (unpaired) electrons. The smallest absolute Gasteiger partial charge is 0.407 e. The van der Waals surface area contributed by atoms with Crippen molar-refractivity contribution in [3.8, 4) is 11.1 Å². The van der Waals surface area contributed by atoms with E-state index >= 15 is 0 Å². The van der Waals surface area contributed by atoms with Gasteiger partial charge in [0.15, 0.2) is 0 Å². The number of amides is 2. The Morgan fingerprint density at radius 1 is 1.06 bits per heavy atom. The summed E-state index contributed by atoms with van der Waals surface area (Å²) in [7, 11) is 0. The van der Waals surface area contributed by atoms with Gasteiger partial charge in [-0.05, 0) is 41.0 Å². The summed E-state index contributed by atoms with van der Waals surface area (Å²) in [5, 5.41) is 14.7. The Balaban J connectivity index is 1.24. The molecule has 2 aromatic rings. The molecular formula is C27H32N2O6. The Bertz CT molecular complexity index is 1040. The van der Waals surface area contributed by atoms with Gasteiger partial charge in [0, 0.05) is 12.5 Å². The number of carbonyl (C=O) groups excluding carboxylic acids is 2. The van der Waals surface area contributed by atoms with Crippen molar-refractivity contribution < 1.29 is 29.0 Å². The number of carboxylic acids is 1. The normalized spacial score (nSPS) is 19.6. The number of hydrogen-bond acceptors (Lipinski definition) is 5. The lowest BCUT2D eigenvalue weighted by molar-refractivity contribution is -0.143. The third kappa shape index (κ3) is 5.82. The lowest BCUT2D eigenvalue weighted by Crippen LogP contribution is -2.44. The maximum atomic E-state index is 12.5. The zero-order valence-electron chi connectivity index (χ0n) is 20.0. The molecule has 1 aliphatic heterocycles. The largest absolute Gasteiger partial charge is 0.480 e. The van der Waals surface area contributed by atoms with Crippen LogP contribution >= 0.6 is 0 Å². The number of benzene rings is 2. The second-order valence-corrected chi connectivity index (χ2v) is 9.62. The lowest BCUT2D eigenvalue weighted by atomic mass is 9.98. The molecule has 0 unspecified atom stereocenters. The Kier molecular flexibility index (Phi) is 7.70. The number of alkyl carbamates (subject to hydrolysis) is 1. The van der Waals surface area contributed by atoms with E-state index in [4.69, 9.17) is 9.47 Å². The van der Waals surface area contributed by atoms with E-state index in [0.29, 0.717) is 12.8 Å². The zero-order chi connectivity index (χ0) is 24.9. The standard InChI is InChI=1S/C27H32N2O6/c1-16(2)11-24(26(31)32)29-25(30)17-12-18(34-14-17)13-28-27(33)35-15-23-21-9-5-3-7-19(21)20-8-4-6-10-22(20)23/h3-10,16-18,23-24H,11-15H2,1-2H3,(H,28,33)(H,29,30)(H,31,32)/t17-,18-,24-/m0/s1. The van der Waals surface area contributed by atoms with Crippen LogP contribution in [0.3, 0.4) is 0 Å². The predicted molar refractivity (Wildman–Crippen MR) is 130 cm³/mol. The van der Waals surface area contributed by atoms with Crippen molar-refractivity contribution in [2.24, 2.45) is 11.8 Å². The van der Waals surface area contributed by atoms with Crippen LogP contribution in [0, 0.1) is 11.8 Å². The quantitative estimate of drug-likeness (QED) is 0.506. The monoisotopic (exact) mass is 480 g/mol. The summed E-state index contributed by atoms with van der Waals surface area (Å²) in [6.07, 6.45) is -0.101. The molecule has 0 saturated carbocycles. The van der Waals surface area contributed by atoms with Gasteiger partial charge in [0.2, 0.25) is 5.91 Å². The second kappa shape index (κ2) is 10.9. The number of rotatable bonds is 9. The van der Waals surface area contributed by atoms with Gasteiger partial charge in [0.25, 0.3) is 0 Å². The highest BCUT2D eigenvalue weighted by Gasteiger charge is 2.34. The molecule has 0 spiro atoms. The SMILES string of the molecule is CC(C)C[C@H](NC(=O)[C@@H]1CO[C@H](CNC(=O)OCC2c3ccccc3-c3ccccc32)C1)C(=O)O. The van der Waals surface area contributed by atoms with E-state index in [-0.39, 0.29) is 43.6 Å². The zero-order valence-corrected chi connectivity index (χ0v) is 20.0. The molecule has 0 bridgehead atoms. The Hall–Kier alpha value is -3.39. The van der Waals surface area contributed by atoms with Gasteiger partial charge in [-0.3, -0.25) is 4.79 Å². The second-order valence-electron chi connectivity index (χ2n) is 9.62. The molecule has 4 rings (SSSR count). The van der Waals surface area contributed by atoms with Crippen molar-refractivity contribution >= 4 is 18.0 Å². The van der Waals surface area contributed by atoms with Gasteiger partial charge in [-0.15, -0.1) is 0 Å². The minimum Gasteiger partial charge on any atom is -0.480 e. The number of nitrogens with one attached hydrogen (secondary N) is 2. The van der Waals surface area contributed by atoms with Gasteiger partial charge in [-0.2, -0.15) is 0 Å². The summed E-state index contributed by atoms with van der Waals surface area (Å²) < 4.78 is 11.2. The van der Waals surface area contributed by atoms with Crippen molar-refractivity contribution in [3.63, 3.8) is 0 Å². The molecule has 8 heteroatoms. The van der Waals surface area contributed by atoms with Crippen molar-refractivity contribution in [2.45, 2.75) is 44.8 Å². The molecule has 3 N–H and O–H groups in total. The highest BCUT2D eigenvalue weighted by Crippen LogP contribution is 2.44. The van der Waals surface area contributed by atoms with Crippen LogP contribution in [0.15, 0.2) is 48.5 Å². The molecule has 1 saturated heterocycles. The molecule has 186 valence electrons. The Labute approximate surface area is 205 Å². The van der Waals surface area contributed by atoms with Gasteiger partial charge < -0.3 is 25.2 Å². The average Bonchev–Trinajstić information content (AvgIpc) is 3.44. The van der Waals surface area contributed by atoms with Crippen LogP contribution < -0.4 is 10.6 Å². The van der Waals surface area contributed by atoms with Gasteiger partial charge >= 0.3 is 12.1 Å². The van der Waals surface area contributed by atoms with Crippen molar-refractivity contribution in [1.82, 2.24) is 10.6 Å².